The van der Waals surface area contributed by atoms with Crippen LogP contribution >= 0.6 is 0 Å². The van der Waals surface area contributed by atoms with Crippen LogP contribution in [0.2, 0.25) is 0 Å². The second-order valence-corrected chi connectivity index (χ2v) is 2.01. The highest BCUT2D eigenvalue weighted by atomic mass is 19.4. The van der Waals surface area contributed by atoms with Crippen LogP contribution in [-0.4, -0.2) is 25.5 Å². The summed E-state index contributed by atoms with van der Waals surface area (Å²) in [4.78, 5) is 10.3. The molecule has 0 radical (unpaired) electrons. The van der Waals surface area contributed by atoms with E-state index >= 15 is 0 Å². The topological polar surface area (TPSA) is 35.5 Å². The first kappa shape index (κ1) is 11.1. The lowest BCUT2D eigenvalue weighted by Gasteiger charge is -2.17. The Kier molecular flexibility index (Phi) is 3.85. The SMILES string of the molecule is CCC(OC(=O)OC)C(F)(F)F. The van der Waals surface area contributed by atoms with Gasteiger partial charge in [-0.25, -0.2) is 4.79 Å². The largest absolute Gasteiger partial charge is 0.508 e. The van der Waals surface area contributed by atoms with E-state index in [0.717, 1.165) is 7.11 Å². The molecule has 1 unspecified atom stereocenters. The zero-order chi connectivity index (χ0) is 9.78. The summed E-state index contributed by atoms with van der Waals surface area (Å²) in [6.07, 6.45) is -8.24. The fourth-order valence-corrected chi connectivity index (χ4v) is 0.546. The molecule has 0 rings (SSSR count). The minimum absolute atomic E-state index is 0.321. The molecule has 12 heavy (non-hydrogen) atoms. The van der Waals surface area contributed by atoms with Crippen LogP contribution in [0.25, 0.3) is 0 Å². The van der Waals surface area contributed by atoms with Gasteiger partial charge in [-0.3, -0.25) is 0 Å². The zero-order valence-corrected chi connectivity index (χ0v) is 6.64. The molecule has 3 nitrogen and oxygen atoms in total. The molecule has 0 heterocycles. The maximum atomic E-state index is 11.9. The van der Waals surface area contributed by atoms with Crippen LogP contribution in [-0.2, 0) is 9.47 Å². The van der Waals surface area contributed by atoms with Gasteiger partial charge in [0.25, 0.3) is 0 Å². The van der Waals surface area contributed by atoms with Gasteiger partial charge in [-0.1, -0.05) is 6.92 Å². The van der Waals surface area contributed by atoms with Crippen LogP contribution in [0.1, 0.15) is 13.3 Å². The summed E-state index contributed by atoms with van der Waals surface area (Å²) in [7, 11) is 0.950. The van der Waals surface area contributed by atoms with E-state index in [4.69, 9.17) is 0 Å². The second-order valence-electron chi connectivity index (χ2n) is 2.01. The van der Waals surface area contributed by atoms with Crippen LogP contribution in [0, 0.1) is 0 Å². The number of hydrogen-bond donors (Lipinski definition) is 0. The lowest BCUT2D eigenvalue weighted by molar-refractivity contribution is -0.208. The molecule has 0 spiro atoms. The average Bonchev–Trinajstić information content (AvgIpc) is 1.97. The van der Waals surface area contributed by atoms with Crippen LogP contribution < -0.4 is 0 Å². The molecule has 0 N–H and O–H groups in total. The van der Waals surface area contributed by atoms with Crippen molar-refractivity contribution in [2.45, 2.75) is 25.6 Å². The third-order valence-corrected chi connectivity index (χ3v) is 1.14. The molecule has 0 aliphatic carbocycles. The van der Waals surface area contributed by atoms with E-state index in [1.54, 1.807) is 0 Å². The lowest BCUT2D eigenvalue weighted by Crippen LogP contribution is -2.33. The molecule has 0 saturated carbocycles. The summed E-state index contributed by atoms with van der Waals surface area (Å²) >= 11 is 0. The van der Waals surface area contributed by atoms with E-state index in [0.29, 0.717) is 0 Å². The Bertz CT molecular complexity index is 155. The molecule has 0 amide bonds. The molecular formula is C6H9F3O3. The first-order valence-electron chi connectivity index (χ1n) is 3.23. The van der Waals surface area contributed by atoms with Crippen molar-refractivity contribution in [2.75, 3.05) is 7.11 Å². The van der Waals surface area contributed by atoms with Crippen molar-refractivity contribution >= 4 is 6.16 Å². The van der Waals surface area contributed by atoms with E-state index in [9.17, 15) is 18.0 Å². The summed E-state index contributed by atoms with van der Waals surface area (Å²) < 4.78 is 43.5. The summed E-state index contributed by atoms with van der Waals surface area (Å²) in [5, 5.41) is 0. The molecule has 0 saturated heterocycles. The van der Waals surface area contributed by atoms with Crippen LogP contribution in [0.5, 0.6) is 0 Å². The average molecular weight is 186 g/mol. The van der Waals surface area contributed by atoms with Crippen molar-refractivity contribution in [1.82, 2.24) is 0 Å². The van der Waals surface area contributed by atoms with Gasteiger partial charge in [0, 0.05) is 0 Å². The number of rotatable bonds is 2. The standard InChI is InChI=1S/C6H9F3O3/c1-3-4(6(7,8)9)12-5(10)11-2/h4H,3H2,1-2H3. The number of alkyl halides is 3. The summed E-state index contributed by atoms with van der Waals surface area (Å²) in [5.41, 5.74) is 0. The van der Waals surface area contributed by atoms with Crippen molar-refractivity contribution in [3.05, 3.63) is 0 Å². The first-order valence-corrected chi connectivity index (χ1v) is 3.23. The number of ether oxygens (including phenoxy) is 2. The van der Waals surface area contributed by atoms with Crippen molar-refractivity contribution in [3.8, 4) is 0 Å². The first-order chi connectivity index (χ1) is 5.41. The molecule has 6 heteroatoms. The quantitative estimate of drug-likeness (QED) is 0.619. The third-order valence-electron chi connectivity index (χ3n) is 1.14. The van der Waals surface area contributed by atoms with E-state index in [1.165, 1.54) is 6.92 Å². The van der Waals surface area contributed by atoms with Gasteiger partial charge in [0.15, 0.2) is 0 Å². The highest BCUT2D eigenvalue weighted by Crippen LogP contribution is 2.25. The molecule has 0 aromatic heterocycles. The number of halogens is 3. The molecule has 0 fully saturated rings. The van der Waals surface area contributed by atoms with Gasteiger partial charge in [-0.15, -0.1) is 0 Å². The molecule has 0 aliphatic heterocycles. The predicted molar refractivity (Wildman–Crippen MR) is 33.6 cm³/mol. The van der Waals surface area contributed by atoms with Crippen LogP contribution in [0.4, 0.5) is 18.0 Å². The Hall–Kier alpha value is -0.940. The zero-order valence-electron chi connectivity index (χ0n) is 6.64. The summed E-state index contributed by atoms with van der Waals surface area (Å²) in [6, 6.07) is 0. The van der Waals surface area contributed by atoms with Gasteiger partial charge < -0.3 is 9.47 Å². The molecule has 0 bridgehead atoms. The number of hydrogen-bond acceptors (Lipinski definition) is 3. The third kappa shape index (κ3) is 3.45. The number of carbonyl (C=O) groups is 1. The molecule has 1 atom stereocenters. The van der Waals surface area contributed by atoms with Crippen LogP contribution in [0.15, 0.2) is 0 Å². The monoisotopic (exact) mass is 186 g/mol. The number of carbonyl (C=O) groups excluding carboxylic acids is 1. The highest BCUT2D eigenvalue weighted by Gasteiger charge is 2.41. The summed E-state index contributed by atoms with van der Waals surface area (Å²) in [6.45, 7) is 1.26. The maximum absolute atomic E-state index is 11.9. The highest BCUT2D eigenvalue weighted by molar-refractivity contribution is 5.59. The van der Waals surface area contributed by atoms with E-state index < -0.39 is 18.4 Å². The predicted octanol–water partition coefficient (Wildman–Crippen LogP) is 2.11. The maximum Gasteiger partial charge on any atom is 0.508 e. The normalized spacial score (nSPS) is 13.8. The Balaban J connectivity index is 4.09. The Morgan fingerprint density at radius 3 is 2.25 bits per heavy atom. The van der Waals surface area contributed by atoms with Crippen molar-refractivity contribution < 1.29 is 27.4 Å². The minimum Gasteiger partial charge on any atom is -0.438 e. The van der Waals surface area contributed by atoms with Crippen molar-refractivity contribution in [3.63, 3.8) is 0 Å². The van der Waals surface area contributed by atoms with Crippen molar-refractivity contribution in [2.24, 2.45) is 0 Å². The van der Waals surface area contributed by atoms with Gasteiger partial charge in [-0.05, 0) is 6.42 Å². The number of methoxy groups -OCH3 is 1. The molecular weight excluding hydrogens is 177 g/mol. The summed E-state index contributed by atoms with van der Waals surface area (Å²) in [5.74, 6) is 0. The Labute approximate surface area is 67.4 Å². The fourth-order valence-electron chi connectivity index (χ4n) is 0.546. The van der Waals surface area contributed by atoms with E-state index in [-0.39, 0.29) is 6.42 Å². The van der Waals surface area contributed by atoms with Crippen molar-refractivity contribution in [1.29, 1.82) is 0 Å². The fraction of sp³-hybridized carbons (Fsp3) is 0.833. The van der Waals surface area contributed by atoms with E-state index in [2.05, 4.69) is 9.47 Å². The van der Waals surface area contributed by atoms with Crippen LogP contribution in [0.3, 0.4) is 0 Å². The minimum atomic E-state index is -4.52. The van der Waals surface area contributed by atoms with Gasteiger partial charge >= 0.3 is 12.3 Å². The van der Waals surface area contributed by atoms with Gasteiger partial charge in [0.05, 0.1) is 7.11 Å². The Morgan fingerprint density at radius 2 is 2.00 bits per heavy atom. The van der Waals surface area contributed by atoms with Gasteiger partial charge in [0.2, 0.25) is 6.10 Å². The van der Waals surface area contributed by atoms with Gasteiger partial charge in [-0.2, -0.15) is 13.2 Å². The molecule has 0 aliphatic rings. The lowest BCUT2D eigenvalue weighted by atomic mass is 10.3. The second kappa shape index (κ2) is 4.18. The molecule has 0 aromatic rings. The molecule has 0 aromatic carbocycles. The van der Waals surface area contributed by atoms with E-state index in [1.807, 2.05) is 0 Å². The van der Waals surface area contributed by atoms with Gasteiger partial charge in [0.1, 0.15) is 0 Å². The Morgan fingerprint density at radius 1 is 1.50 bits per heavy atom. The molecule has 72 valence electrons. The smallest absolute Gasteiger partial charge is 0.438 e.